The SMILES string of the molecule is c1ccc(-c2ccc(-c3sccc3-c3nnn(C(c4ccccc4)(c4ccccc4)c4ccccc4)n3)cc2)cc1. The van der Waals surface area contributed by atoms with Gasteiger partial charge in [0.1, 0.15) is 0 Å². The molecule has 4 nitrogen and oxygen atoms in total. The van der Waals surface area contributed by atoms with Crippen molar-refractivity contribution in [3.05, 3.63) is 174 Å². The first-order valence-electron chi connectivity index (χ1n) is 13.5. The van der Waals surface area contributed by atoms with E-state index in [1.165, 1.54) is 11.1 Å². The Bertz CT molecular complexity index is 1760. The minimum atomic E-state index is -0.803. The molecule has 7 aromatic rings. The fraction of sp³-hybridized carbons (Fsp3) is 0.0278. The van der Waals surface area contributed by atoms with Crippen LogP contribution in [-0.2, 0) is 5.54 Å². The third kappa shape index (κ3) is 4.46. The lowest BCUT2D eigenvalue weighted by molar-refractivity contribution is 0.396. The standard InChI is InChI=1S/C36H26N4S/c1-5-13-27(14-6-1)28-21-23-29(24-22-28)34-33(25-26-41-34)35-37-39-40(38-35)36(30-15-7-2-8-16-30,31-17-9-3-10-18-31)32-19-11-4-12-20-32/h1-26H. The minimum Gasteiger partial charge on any atom is -0.144 e. The van der Waals surface area contributed by atoms with Gasteiger partial charge in [-0.3, -0.25) is 0 Å². The van der Waals surface area contributed by atoms with Crippen LogP contribution >= 0.6 is 11.3 Å². The molecule has 41 heavy (non-hydrogen) atoms. The molecule has 5 heteroatoms. The van der Waals surface area contributed by atoms with Crippen LogP contribution in [0, 0.1) is 0 Å². The second-order valence-corrected chi connectivity index (χ2v) is 10.7. The van der Waals surface area contributed by atoms with E-state index >= 15 is 0 Å². The van der Waals surface area contributed by atoms with Gasteiger partial charge in [-0.15, -0.1) is 26.3 Å². The maximum Gasteiger partial charge on any atom is 0.206 e. The summed E-state index contributed by atoms with van der Waals surface area (Å²) in [6.45, 7) is 0. The van der Waals surface area contributed by atoms with Gasteiger partial charge in [-0.2, -0.15) is 0 Å². The van der Waals surface area contributed by atoms with Crippen molar-refractivity contribution in [3.8, 4) is 33.0 Å². The summed E-state index contributed by atoms with van der Waals surface area (Å²) in [5.41, 5.74) is 6.87. The summed E-state index contributed by atoms with van der Waals surface area (Å²) in [4.78, 5) is 2.90. The summed E-state index contributed by atoms with van der Waals surface area (Å²) in [6, 6.07) is 52.4. The third-order valence-electron chi connectivity index (χ3n) is 7.45. The van der Waals surface area contributed by atoms with E-state index in [4.69, 9.17) is 10.3 Å². The molecule has 2 aromatic heterocycles. The quantitative estimate of drug-likeness (QED) is 0.188. The number of tetrazole rings is 1. The maximum absolute atomic E-state index is 5.11. The summed E-state index contributed by atoms with van der Waals surface area (Å²) in [5, 5.41) is 16.6. The number of hydrogen-bond acceptors (Lipinski definition) is 4. The van der Waals surface area contributed by atoms with Crippen molar-refractivity contribution in [2.45, 2.75) is 5.54 Å². The fourth-order valence-corrected chi connectivity index (χ4v) is 6.40. The van der Waals surface area contributed by atoms with Gasteiger partial charge in [0.15, 0.2) is 5.54 Å². The van der Waals surface area contributed by atoms with Gasteiger partial charge < -0.3 is 0 Å². The van der Waals surface area contributed by atoms with E-state index in [0.29, 0.717) is 5.82 Å². The average molecular weight is 547 g/mol. The second kappa shape index (κ2) is 10.8. The molecule has 0 spiro atoms. The molecule has 2 heterocycles. The van der Waals surface area contributed by atoms with Crippen LogP contribution in [0.1, 0.15) is 16.7 Å². The molecule has 0 saturated carbocycles. The predicted molar refractivity (Wildman–Crippen MR) is 167 cm³/mol. The Morgan fingerprint density at radius 3 is 1.49 bits per heavy atom. The molecule has 0 atom stereocenters. The Labute approximate surface area is 243 Å². The van der Waals surface area contributed by atoms with Crippen molar-refractivity contribution in [1.29, 1.82) is 0 Å². The molecule has 0 N–H and O–H groups in total. The van der Waals surface area contributed by atoms with Crippen molar-refractivity contribution in [3.63, 3.8) is 0 Å². The molecule has 0 aliphatic heterocycles. The molecule has 0 radical (unpaired) electrons. The van der Waals surface area contributed by atoms with Gasteiger partial charge in [0, 0.05) is 10.4 Å². The van der Waals surface area contributed by atoms with Crippen molar-refractivity contribution in [1.82, 2.24) is 20.2 Å². The van der Waals surface area contributed by atoms with Gasteiger partial charge >= 0.3 is 0 Å². The Kier molecular flexibility index (Phi) is 6.55. The summed E-state index contributed by atoms with van der Waals surface area (Å²) >= 11 is 1.69. The Hall–Kier alpha value is -5.13. The molecule has 0 amide bonds. The lowest BCUT2D eigenvalue weighted by Crippen LogP contribution is -2.39. The van der Waals surface area contributed by atoms with Gasteiger partial charge in [0.2, 0.25) is 5.82 Å². The highest BCUT2D eigenvalue weighted by atomic mass is 32.1. The third-order valence-corrected chi connectivity index (χ3v) is 8.41. The van der Waals surface area contributed by atoms with E-state index < -0.39 is 5.54 Å². The fourth-order valence-electron chi connectivity index (χ4n) is 5.50. The lowest BCUT2D eigenvalue weighted by Gasteiger charge is -2.34. The minimum absolute atomic E-state index is 0.598. The molecule has 0 aliphatic carbocycles. The Morgan fingerprint density at radius 2 is 0.951 bits per heavy atom. The van der Waals surface area contributed by atoms with Gasteiger partial charge in [-0.1, -0.05) is 146 Å². The van der Waals surface area contributed by atoms with Crippen LogP contribution in [0.2, 0.25) is 0 Å². The van der Waals surface area contributed by atoms with Crippen LogP contribution in [-0.4, -0.2) is 20.2 Å². The van der Waals surface area contributed by atoms with Crippen molar-refractivity contribution >= 4 is 11.3 Å². The molecule has 5 aromatic carbocycles. The van der Waals surface area contributed by atoms with Gasteiger partial charge in [0.05, 0.1) is 0 Å². The topological polar surface area (TPSA) is 43.6 Å². The number of hydrogen-bond donors (Lipinski definition) is 0. The molecule has 0 fully saturated rings. The van der Waals surface area contributed by atoms with Gasteiger partial charge in [-0.05, 0) is 50.0 Å². The molecule has 0 unspecified atom stereocenters. The van der Waals surface area contributed by atoms with Crippen LogP contribution in [0.25, 0.3) is 33.0 Å². The highest BCUT2D eigenvalue weighted by molar-refractivity contribution is 7.14. The first-order chi connectivity index (χ1) is 20.3. The van der Waals surface area contributed by atoms with E-state index in [1.54, 1.807) is 16.1 Å². The van der Waals surface area contributed by atoms with Gasteiger partial charge in [-0.25, -0.2) is 0 Å². The van der Waals surface area contributed by atoms with Crippen molar-refractivity contribution in [2.75, 3.05) is 0 Å². The maximum atomic E-state index is 5.11. The zero-order valence-electron chi connectivity index (χ0n) is 22.2. The molecule has 7 rings (SSSR count). The number of nitrogens with zero attached hydrogens (tertiary/aromatic N) is 4. The highest BCUT2D eigenvalue weighted by Gasteiger charge is 2.41. The largest absolute Gasteiger partial charge is 0.206 e. The first-order valence-corrected chi connectivity index (χ1v) is 14.4. The van der Waals surface area contributed by atoms with E-state index in [-0.39, 0.29) is 0 Å². The number of benzene rings is 5. The zero-order valence-corrected chi connectivity index (χ0v) is 23.0. The summed E-state index contributed by atoms with van der Waals surface area (Å²) in [5.74, 6) is 0.598. The lowest BCUT2D eigenvalue weighted by atomic mass is 9.77. The smallest absolute Gasteiger partial charge is 0.144 e. The van der Waals surface area contributed by atoms with E-state index in [9.17, 15) is 0 Å². The number of rotatable bonds is 7. The average Bonchev–Trinajstić information content (AvgIpc) is 3.75. The molecular weight excluding hydrogens is 520 g/mol. The number of aromatic nitrogens is 4. The van der Waals surface area contributed by atoms with Crippen LogP contribution in [0.3, 0.4) is 0 Å². The van der Waals surface area contributed by atoms with Crippen LogP contribution in [0.15, 0.2) is 157 Å². The molecule has 196 valence electrons. The van der Waals surface area contributed by atoms with E-state index in [0.717, 1.165) is 32.7 Å². The molecule has 0 bridgehead atoms. The zero-order chi connectivity index (χ0) is 27.5. The first kappa shape index (κ1) is 24.9. The van der Waals surface area contributed by atoms with Crippen molar-refractivity contribution in [2.24, 2.45) is 0 Å². The van der Waals surface area contributed by atoms with Crippen molar-refractivity contribution < 1.29 is 0 Å². The monoisotopic (exact) mass is 546 g/mol. The van der Waals surface area contributed by atoms with Crippen LogP contribution in [0.5, 0.6) is 0 Å². The van der Waals surface area contributed by atoms with Crippen LogP contribution in [0.4, 0.5) is 0 Å². The molecule has 0 saturated heterocycles. The van der Waals surface area contributed by atoms with Crippen LogP contribution < -0.4 is 0 Å². The van der Waals surface area contributed by atoms with E-state index in [1.807, 2.05) is 24.3 Å². The Morgan fingerprint density at radius 1 is 0.488 bits per heavy atom. The number of thiophene rings is 1. The normalized spacial score (nSPS) is 11.4. The van der Waals surface area contributed by atoms with E-state index in [2.05, 4.69) is 138 Å². The summed E-state index contributed by atoms with van der Waals surface area (Å²) in [6.07, 6.45) is 0. The Balaban J connectivity index is 1.36. The molecular formula is C36H26N4S. The highest BCUT2D eigenvalue weighted by Crippen LogP contribution is 2.41. The summed E-state index contributed by atoms with van der Waals surface area (Å²) < 4.78 is 0. The molecule has 0 aliphatic rings. The van der Waals surface area contributed by atoms with Gasteiger partial charge in [0.25, 0.3) is 0 Å². The summed E-state index contributed by atoms with van der Waals surface area (Å²) in [7, 11) is 0. The second-order valence-electron chi connectivity index (χ2n) is 9.82. The predicted octanol–water partition coefficient (Wildman–Crippen LogP) is 8.58.